The molecule has 3 N–H and O–H groups in total. The van der Waals surface area contributed by atoms with E-state index in [0.717, 1.165) is 108 Å². The van der Waals surface area contributed by atoms with Gasteiger partial charge in [-0.2, -0.15) is 0 Å². The molecule has 0 fully saturated rings. The molecule has 0 aliphatic carbocycles. The van der Waals surface area contributed by atoms with E-state index in [4.69, 9.17) is 37.0 Å². The van der Waals surface area contributed by atoms with Crippen molar-refractivity contribution in [2.24, 2.45) is 17.8 Å². The van der Waals surface area contributed by atoms with Crippen molar-refractivity contribution in [3.63, 3.8) is 0 Å². The van der Waals surface area contributed by atoms with Gasteiger partial charge in [0, 0.05) is 25.7 Å². The minimum atomic E-state index is -4.97. The molecular weight excluding hydrogens is 1460 g/mol. The lowest BCUT2D eigenvalue weighted by Gasteiger charge is -2.21. The van der Waals surface area contributed by atoms with Gasteiger partial charge < -0.3 is 33.8 Å². The molecule has 19 heteroatoms. The number of hydrogen-bond donors (Lipinski definition) is 3. The Morgan fingerprint density at radius 2 is 0.451 bits per heavy atom. The molecule has 3 unspecified atom stereocenters. The Kier molecular flexibility index (Phi) is 82.3. The number of ether oxygens (including phenoxy) is 4. The summed E-state index contributed by atoms with van der Waals surface area (Å²) in [6.07, 6.45) is 78.0. The summed E-state index contributed by atoms with van der Waals surface area (Å²) >= 11 is 0. The largest absolute Gasteiger partial charge is 0.472 e. The summed E-state index contributed by atoms with van der Waals surface area (Å²) in [6.45, 7) is 12.1. The van der Waals surface area contributed by atoms with Crippen LogP contribution < -0.4 is 0 Å². The lowest BCUT2D eigenvalue weighted by Crippen LogP contribution is -2.30. The van der Waals surface area contributed by atoms with Gasteiger partial charge in [-0.3, -0.25) is 37.3 Å². The maximum absolute atomic E-state index is 13.2. The van der Waals surface area contributed by atoms with E-state index in [-0.39, 0.29) is 25.7 Å². The zero-order chi connectivity index (χ0) is 82.9. The van der Waals surface area contributed by atoms with Crippen LogP contribution in [0.4, 0.5) is 0 Å². The van der Waals surface area contributed by atoms with Gasteiger partial charge in [0.1, 0.15) is 19.3 Å². The highest BCUT2D eigenvalue weighted by molar-refractivity contribution is 7.47. The Labute approximate surface area is 696 Å². The molecule has 0 aromatic rings. The standard InChI is InChI=1S/C94H184O17P2/c1-8-10-11-12-13-14-15-16-17-18-19-20-21-22-26-31-36-41-46-54-61-68-75-91(96)104-81-89(110-93(98)77-70-63-56-47-42-37-32-27-24-23-25-30-35-40-45-53-60-67-74-87(7)9-2)83-108-112(100,101)106-79-88(95)80-107-113(102,103)109-84-90(82-105-92(97)76-69-62-55-50-49-52-59-66-73-86(5)6)111-94(99)78-71-64-57-48-43-38-33-28-29-34-39-44-51-58-65-72-85(3)4/h85-90,95H,8-84H2,1-7H3,(H,100,101)(H,102,103)/t87?,88-,89-,90-/m1/s1. The fourth-order valence-corrected chi connectivity index (χ4v) is 16.3. The maximum Gasteiger partial charge on any atom is 0.472 e. The molecule has 0 aromatic heterocycles. The number of aliphatic hydroxyl groups is 1. The predicted molar refractivity (Wildman–Crippen MR) is 469 cm³/mol. The van der Waals surface area contributed by atoms with Crippen LogP contribution in [-0.4, -0.2) is 96.7 Å². The third-order valence-corrected chi connectivity index (χ3v) is 24.4. The van der Waals surface area contributed by atoms with E-state index in [1.54, 1.807) is 0 Å². The fraction of sp³-hybridized carbons (Fsp3) is 0.957. The van der Waals surface area contributed by atoms with Crippen LogP contribution in [0.5, 0.6) is 0 Å². The van der Waals surface area contributed by atoms with Crippen molar-refractivity contribution >= 4 is 39.5 Å². The summed E-state index contributed by atoms with van der Waals surface area (Å²) in [6, 6.07) is 0. The van der Waals surface area contributed by atoms with Gasteiger partial charge >= 0.3 is 39.5 Å². The second-order valence-electron chi connectivity index (χ2n) is 35.0. The molecular formula is C94H184O17P2. The molecule has 0 spiro atoms. The molecule has 0 aliphatic rings. The topological polar surface area (TPSA) is 237 Å². The van der Waals surface area contributed by atoms with E-state index in [1.165, 1.54) is 315 Å². The van der Waals surface area contributed by atoms with E-state index < -0.39 is 97.5 Å². The number of esters is 4. The molecule has 0 rings (SSSR count). The van der Waals surface area contributed by atoms with Crippen molar-refractivity contribution < 1.29 is 80.2 Å². The van der Waals surface area contributed by atoms with Crippen LogP contribution in [0.3, 0.4) is 0 Å². The van der Waals surface area contributed by atoms with Gasteiger partial charge in [0.05, 0.1) is 26.4 Å². The van der Waals surface area contributed by atoms with Gasteiger partial charge in [-0.05, 0) is 43.4 Å². The molecule has 0 amide bonds. The van der Waals surface area contributed by atoms with Crippen LogP contribution in [0.15, 0.2) is 0 Å². The SMILES string of the molecule is CCCCCCCCCCCCCCCCCCCCCCCCC(=O)OC[C@H](COP(=O)(O)OC[C@@H](O)COP(=O)(O)OC[C@@H](COC(=O)CCCCCCCCCCC(C)C)OC(=O)CCCCCCCCCCCCCCCCCC(C)C)OC(=O)CCCCCCCCCCCCCCCCCCCCC(C)CC. The summed E-state index contributed by atoms with van der Waals surface area (Å²) in [5.74, 6) is 0.303. The van der Waals surface area contributed by atoms with Crippen molar-refractivity contribution in [3.05, 3.63) is 0 Å². The van der Waals surface area contributed by atoms with Crippen LogP contribution in [-0.2, 0) is 65.4 Å². The van der Waals surface area contributed by atoms with Crippen molar-refractivity contribution in [2.45, 2.75) is 523 Å². The first kappa shape index (κ1) is 111. The molecule has 0 radical (unpaired) electrons. The van der Waals surface area contributed by atoms with Gasteiger partial charge in [-0.25, -0.2) is 9.13 Å². The lowest BCUT2D eigenvalue weighted by molar-refractivity contribution is -0.161. The van der Waals surface area contributed by atoms with Gasteiger partial charge in [-0.1, -0.05) is 453 Å². The molecule has 0 saturated carbocycles. The second-order valence-corrected chi connectivity index (χ2v) is 37.9. The highest BCUT2D eigenvalue weighted by Crippen LogP contribution is 2.45. The molecule has 0 bridgehead atoms. The number of hydrogen-bond acceptors (Lipinski definition) is 15. The van der Waals surface area contributed by atoms with Gasteiger partial charge in [-0.15, -0.1) is 0 Å². The second kappa shape index (κ2) is 83.7. The first-order valence-electron chi connectivity index (χ1n) is 48.4. The first-order chi connectivity index (χ1) is 54.8. The van der Waals surface area contributed by atoms with Crippen LogP contribution in [0.2, 0.25) is 0 Å². The average Bonchev–Trinajstić information content (AvgIpc) is 0.896. The van der Waals surface area contributed by atoms with E-state index in [9.17, 15) is 43.2 Å². The zero-order valence-corrected chi connectivity index (χ0v) is 76.7. The quantitative estimate of drug-likeness (QED) is 0.0222. The number of unbranched alkanes of at least 4 members (excludes halogenated alkanes) is 59. The molecule has 17 nitrogen and oxygen atoms in total. The van der Waals surface area contributed by atoms with E-state index >= 15 is 0 Å². The van der Waals surface area contributed by atoms with Gasteiger partial charge in [0.15, 0.2) is 12.2 Å². The summed E-state index contributed by atoms with van der Waals surface area (Å²) in [7, 11) is -9.94. The molecule has 6 atom stereocenters. The smallest absolute Gasteiger partial charge is 0.462 e. The summed E-state index contributed by atoms with van der Waals surface area (Å²) in [4.78, 5) is 73.5. The molecule has 0 heterocycles. The number of carbonyl (C=O) groups excluding carboxylic acids is 4. The molecule has 0 aromatic carbocycles. The predicted octanol–water partition coefficient (Wildman–Crippen LogP) is 29.2. The Morgan fingerprint density at radius 3 is 0.673 bits per heavy atom. The van der Waals surface area contributed by atoms with Crippen molar-refractivity contribution in [1.82, 2.24) is 0 Å². The molecule has 672 valence electrons. The normalized spacial score (nSPS) is 14.0. The first-order valence-corrected chi connectivity index (χ1v) is 51.4. The Hall–Kier alpha value is -1.94. The number of rotatable bonds is 92. The monoisotopic (exact) mass is 1650 g/mol. The number of aliphatic hydroxyl groups excluding tert-OH is 1. The summed E-state index contributed by atoms with van der Waals surface area (Å²) in [5, 5.41) is 10.7. The van der Waals surface area contributed by atoms with Crippen LogP contribution in [0.1, 0.15) is 504 Å². The average molecular weight is 1650 g/mol. The van der Waals surface area contributed by atoms with Gasteiger partial charge in [0.2, 0.25) is 0 Å². The minimum Gasteiger partial charge on any atom is -0.462 e. The molecule has 113 heavy (non-hydrogen) atoms. The van der Waals surface area contributed by atoms with Crippen molar-refractivity contribution in [3.8, 4) is 0 Å². The van der Waals surface area contributed by atoms with Crippen molar-refractivity contribution in [2.75, 3.05) is 39.6 Å². The van der Waals surface area contributed by atoms with Crippen molar-refractivity contribution in [1.29, 1.82) is 0 Å². The highest BCUT2D eigenvalue weighted by Gasteiger charge is 2.31. The molecule has 0 aliphatic heterocycles. The van der Waals surface area contributed by atoms with E-state index in [0.29, 0.717) is 25.7 Å². The third-order valence-electron chi connectivity index (χ3n) is 22.5. The van der Waals surface area contributed by atoms with E-state index in [2.05, 4.69) is 48.5 Å². The number of phosphoric ester groups is 2. The molecule has 0 saturated heterocycles. The minimum absolute atomic E-state index is 0.107. The Bertz CT molecular complexity index is 2170. The van der Waals surface area contributed by atoms with Crippen LogP contribution in [0.25, 0.3) is 0 Å². The fourth-order valence-electron chi connectivity index (χ4n) is 14.8. The van der Waals surface area contributed by atoms with E-state index in [1.807, 2.05) is 0 Å². The van der Waals surface area contributed by atoms with Crippen LogP contribution >= 0.6 is 15.6 Å². The Balaban J connectivity index is 5.23. The number of phosphoric acid groups is 2. The maximum atomic E-state index is 13.2. The summed E-state index contributed by atoms with van der Waals surface area (Å²) in [5.41, 5.74) is 0. The zero-order valence-electron chi connectivity index (χ0n) is 74.9. The third kappa shape index (κ3) is 86.3. The summed E-state index contributed by atoms with van der Waals surface area (Å²) < 4.78 is 69.1. The van der Waals surface area contributed by atoms with Gasteiger partial charge in [0.25, 0.3) is 0 Å². The number of carbonyl (C=O) groups is 4. The highest BCUT2D eigenvalue weighted by atomic mass is 31.2. The Morgan fingerprint density at radius 1 is 0.257 bits per heavy atom. The lowest BCUT2D eigenvalue weighted by atomic mass is 9.99. The van der Waals surface area contributed by atoms with Crippen LogP contribution in [0, 0.1) is 17.8 Å².